The molecule has 5 nitrogen and oxygen atoms in total. The minimum Gasteiger partial charge on any atom is -0.353 e. The van der Waals surface area contributed by atoms with E-state index in [0.29, 0.717) is 36.1 Å². The molecule has 0 aromatic carbocycles. The number of nitrogens with one attached hydrogen (secondary N) is 2. The smallest absolute Gasteiger partial charge is 0.226 e. The molecule has 0 bridgehead atoms. The number of piperidine rings is 2. The van der Waals surface area contributed by atoms with Gasteiger partial charge in [-0.05, 0) is 94.5 Å². The number of hydrogen-bond acceptors (Lipinski definition) is 3. The predicted octanol–water partition coefficient (Wildman–Crippen LogP) is 3.85. The summed E-state index contributed by atoms with van der Waals surface area (Å²) in [7, 11) is 1.99. The quantitative estimate of drug-likeness (QED) is 0.704. The van der Waals surface area contributed by atoms with E-state index >= 15 is 0 Å². The summed E-state index contributed by atoms with van der Waals surface area (Å²) in [5.74, 6) is 2.71. The van der Waals surface area contributed by atoms with Crippen LogP contribution in [-0.4, -0.2) is 42.9 Å². The molecule has 0 radical (unpaired) electrons. The van der Waals surface area contributed by atoms with Crippen molar-refractivity contribution >= 4 is 11.8 Å². The Bertz CT molecular complexity index is 800. The van der Waals surface area contributed by atoms with E-state index in [2.05, 4.69) is 31.4 Å². The van der Waals surface area contributed by atoms with Crippen molar-refractivity contribution < 1.29 is 9.59 Å². The van der Waals surface area contributed by atoms with Gasteiger partial charge in [0.1, 0.15) is 0 Å². The highest BCUT2D eigenvalue weighted by Crippen LogP contribution is 2.66. The summed E-state index contributed by atoms with van der Waals surface area (Å²) in [5.41, 5.74) is 2.99. The van der Waals surface area contributed by atoms with Crippen LogP contribution >= 0.6 is 0 Å². The number of rotatable bonds is 2. The first kappa shape index (κ1) is 21.5. The van der Waals surface area contributed by atoms with Gasteiger partial charge in [0.2, 0.25) is 11.8 Å². The number of likely N-dealkylation sites (tertiary alicyclic amines) is 1. The van der Waals surface area contributed by atoms with Gasteiger partial charge in [0, 0.05) is 36.5 Å². The number of hydrogen-bond donors (Lipinski definition) is 2. The van der Waals surface area contributed by atoms with Crippen LogP contribution in [0.1, 0.15) is 78.6 Å². The lowest BCUT2D eigenvalue weighted by Gasteiger charge is -2.59. The summed E-state index contributed by atoms with van der Waals surface area (Å²) in [6.07, 6.45) is 9.48. The molecule has 5 rings (SSSR count). The Morgan fingerprint density at radius 2 is 1.81 bits per heavy atom. The Morgan fingerprint density at radius 3 is 2.55 bits per heavy atom. The number of allylic oxidation sites excluding steroid dienone is 2. The Balaban J connectivity index is 1.39. The normalized spacial score (nSPS) is 43.4. The summed E-state index contributed by atoms with van der Waals surface area (Å²) in [5, 5.41) is 6.83. The highest BCUT2D eigenvalue weighted by Gasteiger charge is 2.61. The molecule has 172 valence electrons. The molecular weight excluding hydrogens is 386 g/mol. The van der Waals surface area contributed by atoms with Crippen molar-refractivity contribution in [2.24, 2.45) is 34.5 Å². The summed E-state index contributed by atoms with van der Waals surface area (Å²) < 4.78 is 0. The first-order valence-corrected chi connectivity index (χ1v) is 12.7. The second kappa shape index (κ2) is 7.60. The van der Waals surface area contributed by atoms with Gasteiger partial charge in [0.05, 0.1) is 0 Å². The van der Waals surface area contributed by atoms with Gasteiger partial charge in [-0.15, -0.1) is 0 Å². The SMILES string of the molecule is CC1=C2N(C)C(=O)CC[C@]2(C)[C@@H]2CC[C@]3(C)C(C(=O)NC4CCNCC4)CC[C@H]3[C@@H]2C1. The van der Waals surface area contributed by atoms with Crippen LogP contribution in [0, 0.1) is 34.5 Å². The van der Waals surface area contributed by atoms with Gasteiger partial charge in [0.25, 0.3) is 0 Å². The molecule has 2 saturated heterocycles. The van der Waals surface area contributed by atoms with E-state index in [4.69, 9.17) is 0 Å². The largest absolute Gasteiger partial charge is 0.353 e. The molecule has 2 N–H and O–H groups in total. The summed E-state index contributed by atoms with van der Waals surface area (Å²) >= 11 is 0. The molecule has 0 aromatic heterocycles. The number of carbonyl (C=O) groups excluding carboxylic acids is 2. The molecule has 2 heterocycles. The van der Waals surface area contributed by atoms with Gasteiger partial charge in [0.15, 0.2) is 0 Å². The fourth-order valence-corrected chi connectivity index (χ4v) is 8.81. The maximum Gasteiger partial charge on any atom is 0.226 e. The van der Waals surface area contributed by atoms with E-state index in [1.807, 2.05) is 11.9 Å². The summed E-state index contributed by atoms with van der Waals surface area (Å²) in [4.78, 5) is 27.8. The zero-order chi connectivity index (χ0) is 22.0. The number of amides is 2. The van der Waals surface area contributed by atoms with Gasteiger partial charge < -0.3 is 15.5 Å². The van der Waals surface area contributed by atoms with Crippen LogP contribution in [0.5, 0.6) is 0 Å². The van der Waals surface area contributed by atoms with Crippen molar-refractivity contribution in [3.63, 3.8) is 0 Å². The molecule has 2 amide bonds. The Kier molecular flexibility index (Phi) is 5.27. The lowest BCUT2D eigenvalue weighted by atomic mass is 9.48. The third kappa shape index (κ3) is 3.20. The average molecular weight is 428 g/mol. The molecule has 6 atom stereocenters. The number of nitrogens with zero attached hydrogens (tertiary/aromatic N) is 1. The van der Waals surface area contributed by atoms with Gasteiger partial charge in [-0.2, -0.15) is 0 Å². The van der Waals surface area contributed by atoms with E-state index in [-0.39, 0.29) is 22.7 Å². The molecule has 5 aliphatic rings. The van der Waals surface area contributed by atoms with Crippen LogP contribution in [-0.2, 0) is 9.59 Å². The molecule has 0 aromatic rings. The van der Waals surface area contributed by atoms with Crippen molar-refractivity contribution in [1.29, 1.82) is 0 Å². The van der Waals surface area contributed by atoms with Crippen molar-refractivity contribution in [3.8, 4) is 0 Å². The van der Waals surface area contributed by atoms with Crippen molar-refractivity contribution in [1.82, 2.24) is 15.5 Å². The Labute approximate surface area is 187 Å². The summed E-state index contributed by atoms with van der Waals surface area (Å²) in [6, 6.07) is 0.351. The van der Waals surface area contributed by atoms with Crippen molar-refractivity contribution in [2.45, 2.75) is 84.6 Å². The zero-order valence-corrected chi connectivity index (χ0v) is 19.9. The highest BCUT2D eigenvalue weighted by atomic mass is 16.2. The maximum atomic E-state index is 13.4. The van der Waals surface area contributed by atoms with Gasteiger partial charge >= 0.3 is 0 Å². The average Bonchev–Trinajstić information content (AvgIpc) is 3.09. The minimum absolute atomic E-state index is 0.117. The molecule has 1 unspecified atom stereocenters. The third-order valence-corrected chi connectivity index (χ3v) is 10.3. The van der Waals surface area contributed by atoms with Crippen LogP contribution in [0.3, 0.4) is 0 Å². The topological polar surface area (TPSA) is 61.4 Å². The van der Waals surface area contributed by atoms with Crippen molar-refractivity contribution in [3.05, 3.63) is 11.3 Å². The molecule has 0 spiro atoms. The molecule has 3 aliphatic carbocycles. The lowest BCUT2D eigenvalue weighted by molar-refractivity contribution is -0.139. The fraction of sp³-hybridized carbons (Fsp3) is 0.846. The standard InChI is InChI=1S/C26H41N3O2/c1-16-15-18-19-5-6-21(24(31)28-17-9-13-27-14-10-17)25(19,2)11-7-20(18)26(3)12-8-22(30)29(4)23(16)26/h17-21,27H,5-15H2,1-4H3,(H,28,31)/t18-,19-,20+,21?,25-,26+/m0/s1. The van der Waals surface area contributed by atoms with Crippen LogP contribution in [0.15, 0.2) is 11.3 Å². The Hall–Kier alpha value is -1.36. The van der Waals surface area contributed by atoms with Crippen LogP contribution in [0.25, 0.3) is 0 Å². The van der Waals surface area contributed by atoms with E-state index in [1.54, 1.807) is 0 Å². The maximum absolute atomic E-state index is 13.4. The molecule has 2 aliphatic heterocycles. The minimum atomic E-state index is 0.117. The fourth-order valence-electron chi connectivity index (χ4n) is 8.81. The third-order valence-electron chi connectivity index (χ3n) is 10.3. The lowest BCUT2D eigenvalue weighted by Crippen LogP contribution is -2.55. The Morgan fingerprint density at radius 1 is 1.06 bits per heavy atom. The van der Waals surface area contributed by atoms with E-state index in [0.717, 1.165) is 51.6 Å². The van der Waals surface area contributed by atoms with E-state index in [1.165, 1.54) is 24.1 Å². The first-order valence-electron chi connectivity index (χ1n) is 12.7. The van der Waals surface area contributed by atoms with Gasteiger partial charge in [-0.3, -0.25) is 9.59 Å². The van der Waals surface area contributed by atoms with E-state index < -0.39 is 0 Å². The van der Waals surface area contributed by atoms with Crippen LogP contribution < -0.4 is 10.6 Å². The number of fused-ring (bicyclic) bond motifs is 5. The molecule has 2 saturated carbocycles. The number of carbonyl (C=O) groups is 2. The van der Waals surface area contributed by atoms with Gasteiger partial charge in [-0.1, -0.05) is 19.4 Å². The van der Waals surface area contributed by atoms with E-state index in [9.17, 15) is 9.59 Å². The molecule has 5 heteroatoms. The molecule has 4 fully saturated rings. The van der Waals surface area contributed by atoms with Gasteiger partial charge in [-0.25, -0.2) is 0 Å². The predicted molar refractivity (Wildman–Crippen MR) is 122 cm³/mol. The van der Waals surface area contributed by atoms with Crippen molar-refractivity contribution in [2.75, 3.05) is 20.1 Å². The highest BCUT2D eigenvalue weighted by molar-refractivity contribution is 5.81. The first-order chi connectivity index (χ1) is 14.8. The molecular formula is C26H41N3O2. The second-order valence-corrected chi connectivity index (χ2v) is 11.8. The van der Waals surface area contributed by atoms with Crippen LogP contribution in [0.4, 0.5) is 0 Å². The summed E-state index contributed by atoms with van der Waals surface area (Å²) in [6.45, 7) is 9.16. The second-order valence-electron chi connectivity index (χ2n) is 11.8. The monoisotopic (exact) mass is 427 g/mol. The van der Waals surface area contributed by atoms with Crippen LogP contribution in [0.2, 0.25) is 0 Å². The zero-order valence-electron chi connectivity index (χ0n) is 19.9. The molecule has 31 heavy (non-hydrogen) atoms.